The molecule has 0 saturated heterocycles. The number of rotatable bonds is 15. The van der Waals surface area contributed by atoms with E-state index in [1.54, 1.807) is 12.3 Å². The van der Waals surface area contributed by atoms with Crippen LogP contribution in [0.25, 0.3) is 0 Å². The van der Waals surface area contributed by atoms with E-state index in [0.29, 0.717) is 32.0 Å². The molecule has 1 unspecified atom stereocenters. The first-order valence-electron chi connectivity index (χ1n) is 13.0. The number of aliphatic carboxylic acids is 1. The fourth-order valence-corrected chi connectivity index (χ4v) is 4.31. The van der Waals surface area contributed by atoms with Crippen molar-refractivity contribution < 1.29 is 19.0 Å². The molecule has 1 aliphatic rings. The fraction of sp³-hybridized carbons (Fsp3) is 0.444. The second kappa shape index (κ2) is 14.2. The highest BCUT2D eigenvalue weighted by Crippen LogP contribution is 2.20. The van der Waals surface area contributed by atoms with E-state index >= 15 is 0 Å². The standard InChI is InChI=1S/C27H34FN7O3/c28-21-18-31-27(32-19-21)34-23(26(36)37)11-15-35(16-17-38-24-8-1-3-12-29-24)14-4-2-7-22-10-9-20-6-5-13-30-25(20)33-22/h1,3,8-10,12,18-19,23H,2,4-7,11,13-17H2,(H,30,33)(H,36,37)(H,31,32,34). The first kappa shape index (κ1) is 27.2. The quantitative estimate of drug-likeness (QED) is 0.255. The summed E-state index contributed by atoms with van der Waals surface area (Å²) < 4.78 is 18.9. The van der Waals surface area contributed by atoms with Gasteiger partial charge in [-0.25, -0.2) is 29.1 Å². The number of carboxylic acid groups (broad SMARTS) is 1. The van der Waals surface area contributed by atoms with Gasteiger partial charge in [0, 0.05) is 37.6 Å². The Morgan fingerprint density at radius 3 is 2.79 bits per heavy atom. The number of aryl methyl sites for hydroxylation is 2. The predicted octanol–water partition coefficient (Wildman–Crippen LogP) is 3.42. The van der Waals surface area contributed by atoms with Gasteiger partial charge in [0.25, 0.3) is 0 Å². The number of carboxylic acids is 1. The van der Waals surface area contributed by atoms with Crippen molar-refractivity contribution in [2.45, 2.75) is 44.6 Å². The Bertz CT molecular complexity index is 1150. The van der Waals surface area contributed by atoms with Crippen molar-refractivity contribution in [1.82, 2.24) is 24.8 Å². The van der Waals surface area contributed by atoms with E-state index in [1.807, 2.05) is 12.1 Å². The van der Waals surface area contributed by atoms with E-state index in [0.717, 1.165) is 69.1 Å². The first-order valence-corrected chi connectivity index (χ1v) is 13.0. The van der Waals surface area contributed by atoms with Crippen LogP contribution in [-0.4, -0.2) is 74.7 Å². The van der Waals surface area contributed by atoms with Gasteiger partial charge in [-0.3, -0.25) is 4.90 Å². The van der Waals surface area contributed by atoms with Gasteiger partial charge in [-0.1, -0.05) is 12.1 Å². The molecule has 0 amide bonds. The Balaban J connectivity index is 1.29. The van der Waals surface area contributed by atoms with Crippen LogP contribution in [0, 0.1) is 5.82 Å². The molecular weight excluding hydrogens is 489 g/mol. The van der Waals surface area contributed by atoms with Crippen LogP contribution >= 0.6 is 0 Å². The lowest BCUT2D eigenvalue weighted by Gasteiger charge is -2.24. The van der Waals surface area contributed by atoms with Crippen LogP contribution in [-0.2, 0) is 17.6 Å². The van der Waals surface area contributed by atoms with Crippen molar-refractivity contribution in [3.8, 4) is 5.88 Å². The molecule has 0 aliphatic carbocycles. The normalized spacial score (nSPS) is 13.4. The number of pyridine rings is 2. The number of nitrogens with zero attached hydrogens (tertiary/aromatic N) is 5. The molecule has 1 aliphatic heterocycles. The molecule has 0 spiro atoms. The number of fused-ring (bicyclic) bond motifs is 1. The number of hydrogen-bond donors (Lipinski definition) is 3. The molecule has 4 heterocycles. The van der Waals surface area contributed by atoms with Crippen molar-refractivity contribution in [2.24, 2.45) is 0 Å². The maximum Gasteiger partial charge on any atom is 0.326 e. The highest BCUT2D eigenvalue weighted by atomic mass is 19.1. The minimum Gasteiger partial charge on any atom is -0.480 e. The molecule has 3 N–H and O–H groups in total. The summed E-state index contributed by atoms with van der Waals surface area (Å²) in [5, 5.41) is 15.9. The van der Waals surface area contributed by atoms with E-state index in [-0.39, 0.29) is 5.95 Å². The van der Waals surface area contributed by atoms with Crippen LogP contribution in [0.5, 0.6) is 5.88 Å². The number of aromatic nitrogens is 4. The minimum absolute atomic E-state index is 0.0795. The van der Waals surface area contributed by atoms with Crippen molar-refractivity contribution in [1.29, 1.82) is 0 Å². The molecule has 11 heteroatoms. The van der Waals surface area contributed by atoms with E-state index in [2.05, 4.69) is 42.6 Å². The highest BCUT2D eigenvalue weighted by molar-refractivity contribution is 5.76. The zero-order valence-corrected chi connectivity index (χ0v) is 21.4. The second-order valence-electron chi connectivity index (χ2n) is 9.20. The summed E-state index contributed by atoms with van der Waals surface area (Å²) in [5.74, 6) is 0.0476. The summed E-state index contributed by atoms with van der Waals surface area (Å²) in [4.78, 5) is 30.6. The maximum absolute atomic E-state index is 13.1. The predicted molar refractivity (Wildman–Crippen MR) is 142 cm³/mol. The molecule has 4 rings (SSSR count). The molecular formula is C27H34FN7O3. The Morgan fingerprint density at radius 2 is 2.00 bits per heavy atom. The zero-order valence-electron chi connectivity index (χ0n) is 21.4. The van der Waals surface area contributed by atoms with Gasteiger partial charge in [-0.2, -0.15) is 0 Å². The summed E-state index contributed by atoms with van der Waals surface area (Å²) in [6, 6.07) is 8.88. The molecule has 0 aromatic carbocycles. The van der Waals surface area contributed by atoms with Crippen molar-refractivity contribution in [3.05, 3.63) is 66.0 Å². The summed E-state index contributed by atoms with van der Waals surface area (Å²) >= 11 is 0. The largest absolute Gasteiger partial charge is 0.480 e. The van der Waals surface area contributed by atoms with Gasteiger partial charge in [-0.05, 0) is 62.8 Å². The highest BCUT2D eigenvalue weighted by Gasteiger charge is 2.20. The lowest BCUT2D eigenvalue weighted by atomic mass is 10.1. The van der Waals surface area contributed by atoms with E-state index < -0.39 is 17.8 Å². The van der Waals surface area contributed by atoms with Crippen LogP contribution in [0.4, 0.5) is 16.2 Å². The molecule has 10 nitrogen and oxygen atoms in total. The van der Waals surface area contributed by atoms with E-state index in [9.17, 15) is 14.3 Å². The molecule has 3 aromatic rings. The number of anilines is 2. The minimum atomic E-state index is -1.02. The van der Waals surface area contributed by atoms with Gasteiger partial charge in [0.15, 0.2) is 5.82 Å². The summed E-state index contributed by atoms with van der Waals surface area (Å²) in [6.07, 6.45) is 9.00. The summed E-state index contributed by atoms with van der Waals surface area (Å²) in [6.45, 7) is 3.34. The average Bonchev–Trinajstić information content (AvgIpc) is 2.94. The Labute approximate surface area is 221 Å². The van der Waals surface area contributed by atoms with Gasteiger partial charge >= 0.3 is 5.97 Å². The lowest BCUT2D eigenvalue weighted by molar-refractivity contribution is -0.138. The zero-order chi connectivity index (χ0) is 26.6. The number of nitrogens with one attached hydrogen (secondary N) is 2. The van der Waals surface area contributed by atoms with Crippen LogP contribution in [0.15, 0.2) is 48.9 Å². The molecule has 202 valence electrons. The van der Waals surface area contributed by atoms with Crippen molar-refractivity contribution in [3.63, 3.8) is 0 Å². The van der Waals surface area contributed by atoms with Gasteiger partial charge in [0.1, 0.15) is 18.5 Å². The lowest BCUT2D eigenvalue weighted by Crippen LogP contribution is -2.37. The summed E-state index contributed by atoms with van der Waals surface area (Å²) in [7, 11) is 0. The van der Waals surface area contributed by atoms with Crippen LogP contribution in [0.3, 0.4) is 0 Å². The Morgan fingerprint density at radius 1 is 1.13 bits per heavy atom. The number of hydrogen-bond acceptors (Lipinski definition) is 9. The third kappa shape index (κ3) is 8.62. The number of ether oxygens (including phenoxy) is 1. The molecule has 0 fully saturated rings. The molecule has 38 heavy (non-hydrogen) atoms. The molecule has 0 radical (unpaired) electrons. The smallest absolute Gasteiger partial charge is 0.326 e. The molecule has 1 atom stereocenters. The second-order valence-corrected chi connectivity index (χ2v) is 9.20. The molecule has 0 saturated carbocycles. The Kier molecular flexibility index (Phi) is 10.1. The first-order chi connectivity index (χ1) is 18.6. The van der Waals surface area contributed by atoms with Crippen molar-refractivity contribution >= 4 is 17.7 Å². The third-order valence-electron chi connectivity index (χ3n) is 6.36. The van der Waals surface area contributed by atoms with Gasteiger partial charge in [-0.15, -0.1) is 0 Å². The topological polar surface area (TPSA) is 125 Å². The molecule has 0 bridgehead atoms. The molecule has 3 aromatic heterocycles. The van der Waals surface area contributed by atoms with Gasteiger partial charge < -0.3 is 20.5 Å². The van der Waals surface area contributed by atoms with Crippen LogP contribution < -0.4 is 15.4 Å². The van der Waals surface area contributed by atoms with Gasteiger partial charge in [0.2, 0.25) is 11.8 Å². The monoisotopic (exact) mass is 523 g/mol. The van der Waals surface area contributed by atoms with Crippen LogP contribution in [0.2, 0.25) is 0 Å². The average molecular weight is 524 g/mol. The number of carbonyl (C=O) groups is 1. The number of unbranched alkanes of at least 4 members (excludes halogenated alkanes) is 1. The summed E-state index contributed by atoms with van der Waals surface area (Å²) in [5.41, 5.74) is 2.37. The maximum atomic E-state index is 13.1. The van der Waals surface area contributed by atoms with E-state index in [1.165, 1.54) is 5.56 Å². The fourth-order valence-electron chi connectivity index (χ4n) is 4.31. The number of halogens is 1. The third-order valence-corrected chi connectivity index (χ3v) is 6.36. The van der Waals surface area contributed by atoms with E-state index in [4.69, 9.17) is 9.72 Å². The Hall–Kier alpha value is -3.86. The van der Waals surface area contributed by atoms with Crippen molar-refractivity contribution in [2.75, 3.05) is 43.4 Å². The SMILES string of the molecule is O=C(O)C(CCN(CCCCc1ccc2c(n1)NCCC2)CCOc1ccccn1)Nc1ncc(F)cn1. The van der Waals surface area contributed by atoms with Gasteiger partial charge in [0.05, 0.1) is 12.4 Å². The van der Waals surface area contributed by atoms with Crippen LogP contribution in [0.1, 0.15) is 36.9 Å².